The maximum atomic E-state index is 9.14. The number of likely N-dealkylation sites (tertiary alicyclic amines) is 1. The molecule has 1 aliphatic rings. The molecule has 3 heteroatoms. The molecule has 0 saturated carbocycles. The number of rotatable bonds is 4. The number of hydrogen-bond acceptors (Lipinski definition) is 3. The van der Waals surface area contributed by atoms with Gasteiger partial charge in [-0.05, 0) is 51.4 Å². The van der Waals surface area contributed by atoms with Crippen LogP contribution < -0.4 is 0 Å². The Hall–Kier alpha value is -0.380. The van der Waals surface area contributed by atoms with Gasteiger partial charge in [-0.1, -0.05) is 0 Å². The third-order valence-electron chi connectivity index (χ3n) is 3.07. The third-order valence-corrected chi connectivity index (χ3v) is 4.18. The Morgan fingerprint density at radius 3 is 2.67 bits per heavy atom. The van der Waals surface area contributed by atoms with E-state index in [9.17, 15) is 0 Å². The summed E-state index contributed by atoms with van der Waals surface area (Å²) >= 11 is 1.87. The van der Waals surface area contributed by atoms with Crippen LogP contribution in [0.1, 0.15) is 35.1 Å². The van der Waals surface area contributed by atoms with Gasteiger partial charge in [-0.2, -0.15) is 0 Å². The lowest BCUT2D eigenvalue weighted by Gasteiger charge is -2.25. The van der Waals surface area contributed by atoms with Gasteiger partial charge in [0.25, 0.3) is 0 Å². The van der Waals surface area contributed by atoms with Crippen LogP contribution in [0.25, 0.3) is 0 Å². The average molecular weight is 225 g/mol. The van der Waals surface area contributed by atoms with E-state index >= 15 is 0 Å². The van der Waals surface area contributed by atoms with E-state index in [-0.39, 0.29) is 6.61 Å². The molecule has 0 spiro atoms. The van der Waals surface area contributed by atoms with E-state index < -0.39 is 0 Å². The summed E-state index contributed by atoms with van der Waals surface area (Å²) in [4.78, 5) is 5.30. The zero-order valence-electron chi connectivity index (χ0n) is 9.28. The second-order valence-electron chi connectivity index (χ2n) is 4.22. The summed E-state index contributed by atoms with van der Waals surface area (Å²) in [6.07, 6.45) is 3.50. The van der Waals surface area contributed by atoms with Crippen LogP contribution in [0.4, 0.5) is 0 Å². The zero-order valence-corrected chi connectivity index (χ0v) is 10.1. The topological polar surface area (TPSA) is 23.5 Å². The lowest BCUT2D eigenvalue weighted by Crippen LogP contribution is -2.25. The van der Waals surface area contributed by atoms with Crippen molar-refractivity contribution in [1.29, 1.82) is 0 Å². The van der Waals surface area contributed by atoms with Crippen LogP contribution in [0.3, 0.4) is 0 Å². The van der Waals surface area contributed by atoms with Crippen LogP contribution in [0.15, 0.2) is 12.1 Å². The number of aliphatic hydroxyl groups is 1. The average Bonchev–Trinajstić information content (AvgIpc) is 2.85. The van der Waals surface area contributed by atoms with Crippen molar-refractivity contribution in [2.75, 3.05) is 19.7 Å². The molecular weight excluding hydrogens is 206 g/mol. The monoisotopic (exact) mass is 225 g/mol. The first-order valence-corrected chi connectivity index (χ1v) is 6.54. The Morgan fingerprint density at radius 2 is 2.13 bits per heavy atom. The molecule has 15 heavy (non-hydrogen) atoms. The predicted octanol–water partition coefficient (Wildman–Crippen LogP) is 2.58. The summed E-state index contributed by atoms with van der Waals surface area (Å²) in [6.45, 7) is 4.83. The summed E-state index contributed by atoms with van der Waals surface area (Å²) in [6, 6.07) is 4.86. The van der Waals surface area contributed by atoms with Gasteiger partial charge in [0, 0.05) is 22.4 Å². The molecule has 84 valence electrons. The molecule has 1 saturated heterocycles. The van der Waals surface area contributed by atoms with Crippen molar-refractivity contribution in [3.05, 3.63) is 21.9 Å². The summed E-state index contributed by atoms with van der Waals surface area (Å²) in [5.74, 6) is 0. The SMILES string of the molecule is Cc1ccc(C(CCO)N2CCCC2)s1. The summed E-state index contributed by atoms with van der Waals surface area (Å²) < 4.78 is 0. The van der Waals surface area contributed by atoms with Crippen molar-refractivity contribution in [2.24, 2.45) is 0 Å². The van der Waals surface area contributed by atoms with Crippen LogP contribution >= 0.6 is 11.3 Å². The van der Waals surface area contributed by atoms with E-state index in [1.165, 1.54) is 35.7 Å². The Labute approximate surface area is 95.5 Å². The first kappa shape index (κ1) is 11.1. The van der Waals surface area contributed by atoms with Crippen LogP contribution in [0.2, 0.25) is 0 Å². The lowest BCUT2D eigenvalue weighted by molar-refractivity contribution is 0.188. The van der Waals surface area contributed by atoms with Gasteiger partial charge in [0.1, 0.15) is 0 Å². The van der Waals surface area contributed by atoms with E-state index in [0.29, 0.717) is 6.04 Å². The fourth-order valence-electron chi connectivity index (χ4n) is 2.31. The molecule has 1 fully saturated rings. The Kier molecular flexibility index (Phi) is 3.78. The van der Waals surface area contributed by atoms with Crippen molar-refractivity contribution in [1.82, 2.24) is 4.90 Å². The molecule has 1 aliphatic heterocycles. The van der Waals surface area contributed by atoms with E-state index in [2.05, 4.69) is 24.0 Å². The molecule has 1 N–H and O–H groups in total. The number of thiophene rings is 1. The number of hydrogen-bond donors (Lipinski definition) is 1. The van der Waals surface area contributed by atoms with Crippen molar-refractivity contribution in [2.45, 2.75) is 32.2 Å². The zero-order chi connectivity index (χ0) is 10.7. The molecule has 1 aromatic heterocycles. The Morgan fingerprint density at radius 1 is 1.40 bits per heavy atom. The van der Waals surface area contributed by atoms with Gasteiger partial charge in [-0.3, -0.25) is 4.90 Å². The van der Waals surface area contributed by atoms with Gasteiger partial charge in [-0.15, -0.1) is 11.3 Å². The lowest BCUT2D eigenvalue weighted by atomic mass is 10.1. The van der Waals surface area contributed by atoms with E-state index in [0.717, 1.165) is 6.42 Å². The normalized spacial score (nSPS) is 19.6. The van der Waals surface area contributed by atoms with Crippen LogP contribution in [0, 0.1) is 6.92 Å². The van der Waals surface area contributed by atoms with E-state index in [1.54, 1.807) is 0 Å². The molecule has 0 radical (unpaired) electrons. The van der Waals surface area contributed by atoms with Gasteiger partial charge in [0.2, 0.25) is 0 Å². The van der Waals surface area contributed by atoms with Crippen LogP contribution in [-0.2, 0) is 0 Å². The standard InChI is InChI=1S/C12H19NOS/c1-10-4-5-12(15-10)11(6-9-14)13-7-2-3-8-13/h4-5,11,14H,2-3,6-9H2,1H3. The van der Waals surface area contributed by atoms with Crippen molar-refractivity contribution < 1.29 is 5.11 Å². The molecule has 1 unspecified atom stereocenters. The summed E-state index contributed by atoms with van der Waals surface area (Å²) in [7, 11) is 0. The van der Waals surface area contributed by atoms with Gasteiger partial charge in [0.15, 0.2) is 0 Å². The quantitative estimate of drug-likeness (QED) is 0.851. The van der Waals surface area contributed by atoms with Gasteiger partial charge in [0.05, 0.1) is 0 Å². The minimum absolute atomic E-state index is 0.290. The second-order valence-corrected chi connectivity index (χ2v) is 5.54. The van der Waals surface area contributed by atoms with Crippen molar-refractivity contribution >= 4 is 11.3 Å². The molecule has 0 bridgehead atoms. The second kappa shape index (κ2) is 5.10. The highest BCUT2D eigenvalue weighted by molar-refractivity contribution is 7.12. The van der Waals surface area contributed by atoms with E-state index in [4.69, 9.17) is 5.11 Å². The highest BCUT2D eigenvalue weighted by Crippen LogP contribution is 2.32. The molecule has 0 aliphatic carbocycles. The first-order valence-electron chi connectivity index (χ1n) is 5.72. The molecule has 0 aromatic carbocycles. The van der Waals surface area contributed by atoms with Crippen molar-refractivity contribution in [3.63, 3.8) is 0 Å². The van der Waals surface area contributed by atoms with Gasteiger partial charge < -0.3 is 5.11 Å². The molecule has 2 nitrogen and oxygen atoms in total. The van der Waals surface area contributed by atoms with Crippen molar-refractivity contribution in [3.8, 4) is 0 Å². The minimum atomic E-state index is 0.290. The number of aliphatic hydroxyl groups excluding tert-OH is 1. The fourth-order valence-corrected chi connectivity index (χ4v) is 3.36. The first-order chi connectivity index (χ1) is 7.31. The number of aryl methyl sites for hydroxylation is 1. The fraction of sp³-hybridized carbons (Fsp3) is 0.667. The number of nitrogens with zero attached hydrogens (tertiary/aromatic N) is 1. The Bertz CT molecular complexity index is 304. The van der Waals surface area contributed by atoms with Gasteiger partial charge in [-0.25, -0.2) is 0 Å². The summed E-state index contributed by atoms with van der Waals surface area (Å²) in [5.41, 5.74) is 0. The van der Waals surface area contributed by atoms with Crippen LogP contribution in [0.5, 0.6) is 0 Å². The molecular formula is C12H19NOS. The smallest absolute Gasteiger partial charge is 0.0463 e. The largest absolute Gasteiger partial charge is 0.396 e. The van der Waals surface area contributed by atoms with E-state index in [1.807, 2.05) is 11.3 Å². The maximum absolute atomic E-state index is 9.14. The predicted molar refractivity (Wildman–Crippen MR) is 64.3 cm³/mol. The van der Waals surface area contributed by atoms with Gasteiger partial charge >= 0.3 is 0 Å². The highest BCUT2D eigenvalue weighted by atomic mass is 32.1. The molecule has 2 heterocycles. The minimum Gasteiger partial charge on any atom is -0.396 e. The molecule has 2 rings (SSSR count). The van der Waals surface area contributed by atoms with Crippen LogP contribution in [-0.4, -0.2) is 29.7 Å². The maximum Gasteiger partial charge on any atom is 0.0463 e. The summed E-state index contributed by atoms with van der Waals surface area (Å²) in [5, 5.41) is 9.14. The molecule has 0 amide bonds. The Balaban J connectivity index is 2.11. The molecule has 1 aromatic rings. The molecule has 1 atom stereocenters. The third kappa shape index (κ3) is 2.60. The highest BCUT2D eigenvalue weighted by Gasteiger charge is 2.23.